The molecule has 1 unspecified atom stereocenters. The van der Waals surface area contributed by atoms with Crippen LogP contribution in [0.5, 0.6) is 0 Å². The first-order valence-corrected chi connectivity index (χ1v) is 6.66. The van der Waals surface area contributed by atoms with Crippen LogP contribution in [0.15, 0.2) is 42.6 Å². The molecule has 0 bridgehead atoms. The molecule has 100 valence electrons. The van der Waals surface area contributed by atoms with E-state index in [9.17, 15) is 5.11 Å². The molecule has 3 nitrogen and oxygen atoms in total. The van der Waals surface area contributed by atoms with Crippen molar-refractivity contribution in [2.45, 2.75) is 12.6 Å². The number of aromatic nitrogens is 1. The minimum absolute atomic E-state index is 0.423. The number of nitrogens with zero attached hydrogens (tertiary/aromatic N) is 1. The van der Waals surface area contributed by atoms with E-state index in [1.807, 2.05) is 24.3 Å². The van der Waals surface area contributed by atoms with Gasteiger partial charge in [-0.05, 0) is 17.7 Å². The topological polar surface area (TPSA) is 45.1 Å². The Labute approximate surface area is 122 Å². The van der Waals surface area contributed by atoms with Gasteiger partial charge in [-0.15, -0.1) is 0 Å². The third kappa shape index (κ3) is 4.18. The summed E-state index contributed by atoms with van der Waals surface area (Å²) in [5.41, 5.74) is 1.74. The van der Waals surface area contributed by atoms with E-state index in [0.717, 1.165) is 11.1 Å². The lowest BCUT2D eigenvalue weighted by Crippen LogP contribution is -2.21. The van der Waals surface area contributed by atoms with Gasteiger partial charge in [-0.3, -0.25) is 0 Å². The van der Waals surface area contributed by atoms with E-state index in [-0.39, 0.29) is 0 Å². The Morgan fingerprint density at radius 3 is 2.63 bits per heavy atom. The van der Waals surface area contributed by atoms with Gasteiger partial charge in [-0.25, -0.2) is 4.98 Å². The fourth-order valence-electron chi connectivity index (χ4n) is 1.72. The fourth-order valence-corrected chi connectivity index (χ4v) is 2.09. The van der Waals surface area contributed by atoms with E-state index < -0.39 is 6.10 Å². The molecular weight excluding hydrogens is 283 g/mol. The molecule has 0 saturated carbocycles. The minimum atomic E-state index is -0.631. The largest absolute Gasteiger partial charge is 0.387 e. The molecule has 1 heterocycles. The molecule has 0 fully saturated rings. The summed E-state index contributed by atoms with van der Waals surface area (Å²) in [5.74, 6) is 0. The number of pyridine rings is 1. The molecule has 19 heavy (non-hydrogen) atoms. The van der Waals surface area contributed by atoms with Crippen LogP contribution in [0, 0.1) is 0 Å². The third-order valence-electron chi connectivity index (χ3n) is 2.72. The first-order chi connectivity index (χ1) is 9.16. The predicted molar refractivity (Wildman–Crippen MR) is 77.4 cm³/mol. The van der Waals surface area contributed by atoms with Crippen molar-refractivity contribution in [2.75, 3.05) is 6.54 Å². The second kappa shape index (κ2) is 6.87. The van der Waals surface area contributed by atoms with Gasteiger partial charge in [0.2, 0.25) is 0 Å². The monoisotopic (exact) mass is 296 g/mol. The van der Waals surface area contributed by atoms with E-state index in [2.05, 4.69) is 10.3 Å². The van der Waals surface area contributed by atoms with Gasteiger partial charge in [0.05, 0.1) is 6.10 Å². The summed E-state index contributed by atoms with van der Waals surface area (Å²) in [6.45, 7) is 1.04. The highest BCUT2D eigenvalue weighted by Gasteiger charge is 2.10. The highest BCUT2D eigenvalue weighted by molar-refractivity contribution is 6.31. The molecule has 2 N–H and O–H groups in total. The zero-order valence-electron chi connectivity index (χ0n) is 10.2. The maximum Gasteiger partial charge on any atom is 0.129 e. The van der Waals surface area contributed by atoms with E-state index in [4.69, 9.17) is 23.2 Å². The molecule has 1 atom stereocenters. The fraction of sp³-hybridized carbons (Fsp3) is 0.214. The number of halogens is 2. The second-order valence-electron chi connectivity index (χ2n) is 4.16. The highest BCUT2D eigenvalue weighted by atomic mass is 35.5. The van der Waals surface area contributed by atoms with E-state index in [0.29, 0.717) is 23.3 Å². The van der Waals surface area contributed by atoms with E-state index >= 15 is 0 Å². The lowest BCUT2D eigenvalue weighted by atomic mass is 10.1. The van der Waals surface area contributed by atoms with Crippen LogP contribution in [0.25, 0.3) is 0 Å². The van der Waals surface area contributed by atoms with Crippen molar-refractivity contribution >= 4 is 23.2 Å². The number of hydrogen-bond acceptors (Lipinski definition) is 3. The van der Waals surface area contributed by atoms with Crippen molar-refractivity contribution < 1.29 is 5.11 Å². The number of hydrogen-bond donors (Lipinski definition) is 2. The van der Waals surface area contributed by atoms with Crippen LogP contribution in [0.2, 0.25) is 10.2 Å². The molecule has 1 aromatic heterocycles. The number of benzene rings is 1. The smallest absolute Gasteiger partial charge is 0.129 e. The number of rotatable bonds is 5. The summed E-state index contributed by atoms with van der Waals surface area (Å²) in [6.07, 6.45) is 1.07. The van der Waals surface area contributed by atoms with Gasteiger partial charge in [0.25, 0.3) is 0 Å². The van der Waals surface area contributed by atoms with Crippen molar-refractivity contribution in [3.8, 4) is 0 Å². The standard InChI is InChI=1S/C14H14Cl2N2O/c15-12-4-2-1-3-11(12)13(19)9-17-7-10-5-6-14(16)18-8-10/h1-6,8,13,17,19H,7,9H2. The number of aliphatic hydroxyl groups is 1. The molecule has 0 aliphatic carbocycles. The summed E-state index contributed by atoms with van der Waals surface area (Å²) in [6, 6.07) is 10.9. The van der Waals surface area contributed by atoms with Gasteiger partial charge in [0.15, 0.2) is 0 Å². The van der Waals surface area contributed by atoms with Gasteiger partial charge in [-0.1, -0.05) is 47.5 Å². The van der Waals surface area contributed by atoms with Gasteiger partial charge in [0, 0.05) is 29.9 Å². The molecule has 1 aromatic carbocycles. The molecule has 0 amide bonds. The van der Waals surface area contributed by atoms with Crippen LogP contribution < -0.4 is 5.32 Å². The molecule has 0 saturated heterocycles. The van der Waals surface area contributed by atoms with Gasteiger partial charge >= 0.3 is 0 Å². The van der Waals surface area contributed by atoms with Gasteiger partial charge in [-0.2, -0.15) is 0 Å². The van der Waals surface area contributed by atoms with Crippen LogP contribution in [-0.2, 0) is 6.54 Å². The van der Waals surface area contributed by atoms with Crippen LogP contribution in [0.1, 0.15) is 17.2 Å². The Hall–Kier alpha value is -1.13. The van der Waals surface area contributed by atoms with Crippen molar-refractivity contribution in [3.63, 3.8) is 0 Å². The average molecular weight is 297 g/mol. The second-order valence-corrected chi connectivity index (χ2v) is 4.95. The summed E-state index contributed by atoms with van der Waals surface area (Å²) in [4.78, 5) is 3.99. The maximum absolute atomic E-state index is 10.0. The SMILES string of the molecule is OC(CNCc1ccc(Cl)nc1)c1ccccc1Cl. The zero-order valence-corrected chi connectivity index (χ0v) is 11.7. The Morgan fingerprint density at radius 2 is 1.95 bits per heavy atom. The maximum atomic E-state index is 10.0. The van der Waals surface area contributed by atoms with Crippen molar-refractivity contribution in [2.24, 2.45) is 0 Å². The summed E-state index contributed by atoms with van der Waals surface area (Å²) in [5, 5.41) is 14.2. The number of nitrogens with one attached hydrogen (secondary N) is 1. The Morgan fingerprint density at radius 1 is 1.16 bits per heavy atom. The molecule has 0 aliphatic rings. The van der Waals surface area contributed by atoms with E-state index in [1.165, 1.54) is 0 Å². The minimum Gasteiger partial charge on any atom is -0.387 e. The quantitative estimate of drug-likeness (QED) is 0.833. The third-order valence-corrected chi connectivity index (χ3v) is 3.29. The Bertz CT molecular complexity index is 531. The lowest BCUT2D eigenvalue weighted by Gasteiger charge is -2.13. The van der Waals surface area contributed by atoms with Crippen LogP contribution in [-0.4, -0.2) is 16.6 Å². The van der Waals surface area contributed by atoms with Gasteiger partial charge in [0.1, 0.15) is 5.15 Å². The predicted octanol–water partition coefficient (Wildman–Crippen LogP) is 3.21. The first-order valence-electron chi connectivity index (χ1n) is 5.90. The highest BCUT2D eigenvalue weighted by Crippen LogP contribution is 2.21. The molecular formula is C14H14Cl2N2O. The summed E-state index contributed by atoms with van der Waals surface area (Å²) in [7, 11) is 0. The number of aliphatic hydroxyl groups excluding tert-OH is 1. The molecule has 0 spiro atoms. The molecule has 5 heteroatoms. The normalized spacial score (nSPS) is 12.4. The molecule has 0 aliphatic heterocycles. The Kier molecular flexibility index (Phi) is 5.16. The van der Waals surface area contributed by atoms with Crippen LogP contribution in [0.4, 0.5) is 0 Å². The van der Waals surface area contributed by atoms with Gasteiger partial charge < -0.3 is 10.4 Å². The molecule has 0 radical (unpaired) electrons. The molecule has 2 rings (SSSR count). The van der Waals surface area contributed by atoms with Crippen LogP contribution >= 0.6 is 23.2 Å². The summed E-state index contributed by atoms with van der Waals surface area (Å²) >= 11 is 11.7. The zero-order chi connectivity index (χ0) is 13.7. The van der Waals surface area contributed by atoms with Crippen molar-refractivity contribution in [3.05, 3.63) is 63.9 Å². The van der Waals surface area contributed by atoms with Crippen LogP contribution in [0.3, 0.4) is 0 Å². The van der Waals surface area contributed by atoms with E-state index in [1.54, 1.807) is 18.3 Å². The lowest BCUT2D eigenvalue weighted by molar-refractivity contribution is 0.174. The average Bonchev–Trinajstić information content (AvgIpc) is 2.41. The summed E-state index contributed by atoms with van der Waals surface area (Å²) < 4.78 is 0. The van der Waals surface area contributed by atoms with Crippen molar-refractivity contribution in [1.29, 1.82) is 0 Å². The van der Waals surface area contributed by atoms with Crippen molar-refractivity contribution in [1.82, 2.24) is 10.3 Å². The Balaban J connectivity index is 1.86. The molecule has 2 aromatic rings. The first kappa shape index (κ1) is 14.3.